The van der Waals surface area contributed by atoms with Gasteiger partial charge in [0.1, 0.15) is 17.2 Å². The molecule has 6 rings (SSSR count). The molecule has 0 saturated carbocycles. The van der Waals surface area contributed by atoms with E-state index in [0.717, 1.165) is 18.2 Å². The lowest BCUT2D eigenvalue weighted by Gasteiger charge is -2.38. The molecule has 1 saturated heterocycles. The van der Waals surface area contributed by atoms with E-state index >= 15 is 4.39 Å². The van der Waals surface area contributed by atoms with Crippen LogP contribution >= 0.6 is 0 Å². The van der Waals surface area contributed by atoms with E-state index in [1.54, 1.807) is 4.40 Å². The molecule has 2 N–H and O–H groups in total. The molecular weight excluding hydrogens is 454 g/mol. The minimum atomic E-state index is -4.47. The monoisotopic (exact) mass is 471 g/mol. The molecule has 4 aromatic rings. The number of benzene rings is 2. The fourth-order valence-corrected chi connectivity index (χ4v) is 4.98. The number of carbonyl (C=O) groups excluding carboxylic acids is 1. The van der Waals surface area contributed by atoms with Crippen LogP contribution in [0.4, 0.5) is 23.4 Å². The third kappa shape index (κ3) is 3.03. The van der Waals surface area contributed by atoms with Gasteiger partial charge in [0.05, 0.1) is 53.4 Å². The summed E-state index contributed by atoms with van der Waals surface area (Å²) < 4.78 is 62.0. The summed E-state index contributed by atoms with van der Waals surface area (Å²) >= 11 is 0. The van der Waals surface area contributed by atoms with Crippen LogP contribution < -0.4 is 5.73 Å². The summed E-state index contributed by atoms with van der Waals surface area (Å²) in [6.07, 6.45) is -1.71. The summed E-state index contributed by atoms with van der Waals surface area (Å²) in [6, 6.07) is 5.43. The Hall–Kier alpha value is -3.73. The highest BCUT2D eigenvalue weighted by atomic mass is 19.4. The van der Waals surface area contributed by atoms with E-state index in [2.05, 4.69) is 9.97 Å². The van der Waals surface area contributed by atoms with Gasteiger partial charge in [0, 0.05) is 19.0 Å². The van der Waals surface area contributed by atoms with Crippen molar-refractivity contribution in [1.29, 1.82) is 0 Å². The molecular formula is C23H17F4N5O2. The zero-order valence-corrected chi connectivity index (χ0v) is 17.5. The third-order valence-corrected chi connectivity index (χ3v) is 6.52. The Morgan fingerprint density at radius 2 is 2.00 bits per heavy atom. The van der Waals surface area contributed by atoms with E-state index in [9.17, 15) is 18.0 Å². The molecule has 2 aliphatic rings. The van der Waals surface area contributed by atoms with Crippen molar-refractivity contribution in [2.24, 2.45) is 0 Å². The number of ether oxygens (including phenoxy) is 1. The number of nitrogens with zero attached hydrogens (tertiary/aromatic N) is 4. The lowest BCUT2D eigenvalue weighted by atomic mass is 10.0. The SMILES string of the molecule is Nc1nc2cc(F)c(C(=O)N3CCOC4Cc5cc(C(F)(F)F)ccc5C43)cc2n2cncc12. The summed E-state index contributed by atoms with van der Waals surface area (Å²) in [6.45, 7) is 0.379. The van der Waals surface area contributed by atoms with Crippen LogP contribution in [0.5, 0.6) is 0 Å². The predicted octanol–water partition coefficient (Wildman–Crippen LogP) is 3.76. The number of nitrogens with two attached hydrogens (primary N) is 1. The van der Waals surface area contributed by atoms with E-state index in [4.69, 9.17) is 10.5 Å². The van der Waals surface area contributed by atoms with Gasteiger partial charge in [0.2, 0.25) is 0 Å². The molecule has 34 heavy (non-hydrogen) atoms. The second-order valence-corrected chi connectivity index (χ2v) is 8.43. The van der Waals surface area contributed by atoms with Gasteiger partial charge in [-0.25, -0.2) is 14.4 Å². The second-order valence-electron chi connectivity index (χ2n) is 8.43. The van der Waals surface area contributed by atoms with Crippen molar-refractivity contribution in [2.45, 2.75) is 24.7 Å². The van der Waals surface area contributed by atoms with Gasteiger partial charge in [0.25, 0.3) is 5.91 Å². The van der Waals surface area contributed by atoms with E-state index in [-0.39, 0.29) is 36.5 Å². The van der Waals surface area contributed by atoms with Crippen molar-refractivity contribution in [3.8, 4) is 0 Å². The van der Waals surface area contributed by atoms with E-state index in [1.807, 2.05) is 0 Å². The molecule has 2 aromatic carbocycles. The number of amides is 1. The average molecular weight is 471 g/mol. The average Bonchev–Trinajstić information content (AvgIpc) is 3.42. The second kappa shape index (κ2) is 7.13. The summed E-state index contributed by atoms with van der Waals surface area (Å²) in [5, 5.41) is 0. The zero-order chi connectivity index (χ0) is 23.8. The van der Waals surface area contributed by atoms with Crippen LogP contribution in [0.15, 0.2) is 42.9 Å². The Bertz CT molecular complexity index is 1480. The number of rotatable bonds is 1. The smallest absolute Gasteiger partial charge is 0.382 e. The topological polar surface area (TPSA) is 85.8 Å². The molecule has 1 aliphatic heterocycles. The number of imidazole rings is 1. The number of morpholine rings is 1. The van der Waals surface area contributed by atoms with Crippen LogP contribution in [0.1, 0.15) is 33.1 Å². The molecule has 7 nitrogen and oxygen atoms in total. The van der Waals surface area contributed by atoms with Gasteiger partial charge in [-0.05, 0) is 29.3 Å². The van der Waals surface area contributed by atoms with E-state index in [1.165, 1.54) is 29.6 Å². The van der Waals surface area contributed by atoms with Gasteiger partial charge in [-0.1, -0.05) is 6.07 Å². The quantitative estimate of drug-likeness (QED) is 0.428. The Morgan fingerprint density at radius 3 is 2.79 bits per heavy atom. The van der Waals surface area contributed by atoms with Crippen LogP contribution in [-0.2, 0) is 17.3 Å². The summed E-state index contributed by atoms with van der Waals surface area (Å²) in [4.78, 5) is 23.3. The minimum Gasteiger partial charge on any atom is -0.382 e. The van der Waals surface area contributed by atoms with Crippen molar-refractivity contribution in [3.63, 3.8) is 0 Å². The lowest BCUT2D eigenvalue weighted by molar-refractivity contribution is -0.137. The molecule has 174 valence electrons. The number of carbonyl (C=O) groups is 1. The highest BCUT2D eigenvalue weighted by molar-refractivity contribution is 5.99. The number of anilines is 1. The molecule has 0 spiro atoms. The Kier molecular flexibility index (Phi) is 4.37. The normalized spacial score (nSPS) is 20.1. The molecule has 1 aliphatic carbocycles. The highest BCUT2D eigenvalue weighted by Crippen LogP contribution is 2.43. The summed E-state index contributed by atoms with van der Waals surface area (Å²) in [5.74, 6) is -1.16. The Labute approximate surface area is 189 Å². The number of alkyl halides is 3. The number of hydrogen-bond donors (Lipinski definition) is 1. The Morgan fingerprint density at radius 1 is 1.18 bits per heavy atom. The molecule has 2 unspecified atom stereocenters. The van der Waals surface area contributed by atoms with Crippen LogP contribution in [0.25, 0.3) is 16.6 Å². The Balaban J connectivity index is 1.43. The first-order chi connectivity index (χ1) is 16.2. The van der Waals surface area contributed by atoms with Crippen LogP contribution in [0.3, 0.4) is 0 Å². The van der Waals surface area contributed by atoms with Crippen molar-refractivity contribution in [3.05, 3.63) is 70.9 Å². The van der Waals surface area contributed by atoms with Gasteiger partial charge in [-0.3, -0.25) is 9.20 Å². The van der Waals surface area contributed by atoms with Crippen molar-refractivity contribution < 1.29 is 27.1 Å². The van der Waals surface area contributed by atoms with Crippen molar-refractivity contribution in [1.82, 2.24) is 19.3 Å². The van der Waals surface area contributed by atoms with Gasteiger partial charge < -0.3 is 15.4 Å². The van der Waals surface area contributed by atoms with Gasteiger partial charge >= 0.3 is 6.18 Å². The fourth-order valence-electron chi connectivity index (χ4n) is 4.98. The first-order valence-corrected chi connectivity index (χ1v) is 10.6. The molecule has 2 atom stereocenters. The van der Waals surface area contributed by atoms with Gasteiger partial charge in [0.15, 0.2) is 0 Å². The maximum absolute atomic E-state index is 15.1. The first kappa shape index (κ1) is 20.8. The molecule has 3 heterocycles. The summed E-state index contributed by atoms with van der Waals surface area (Å²) in [7, 11) is 0. The number of halogens is 4. The van der Waals surface area contributed by atoms with Crippen molar-refractivity contribution >= 4 is 28.3 Å². The van der Waals surface area contributed by atoms with Crippen molar-refractivity contribution in [2.75, 3.05) is 18.9 Å². The maximum atomic E-state index is 15.1. The van der Waals surface area contributed by atoms with E-state index in [0.29, 0.717) is 22.2 Å². The highest BCUT2D eigenvalue weighted by Gasteiger charge is 2.44. The number of hydrogen-bond acceptors (Lipinski definition) is 5. The van der Waals surface area contributed by atoms with Gasteiger partial charge in [-0.15, -0.1) is 0 Å². The predicted molar refractivity (Wildman–Crippen MR) is 114 cm³/mol. The molecule has 0 radical (unpaired) electrons. The number of nitrogen functional groups attached to an aromatic ring is 1. The minimum absolute atomic E-state index is 0.171. The third-order valence-electron chi connectivity index (χ3n) is 6.52. The molecule has 1 fully saturated rings. The zero-order valence-electron chi connectivity index (χ0n) is 17.5. The van der Waals surface area contributed by atoms with E-state index < -0.39 is 35.6 Å². The van der Waals surface area contributed by atoms with Crippen LogP contribution in [-0.4, -0.2) is 44.4 Å². The largest absolute Gasteiger partial charge is 0.416 e. The standard InChI is InChI=1S/C23H17F4N5O2/c24-15-8-16-17(32-10-29-9-18(32)21(28)30-16)7-14(15)22(33)31-3-4-34-19-6-11-5-12(23(25,26)27)1-2-13(11)20(19)31/h1-2,5,7-10,19-20H,3-4,6H2,(H2,28,30). The van der Waals surface area contributed by atoms with Gasteiger partial charge in [-0.2, -0.15) is 13.2 Å². The molecule has 2 aromatic heterocycles. The molecule has 1 amide bonds. The maximum Gasteiger partial charge on any atom is 0.416 e. The first-order valence-electron chi connectivity index (χ1n) is 10.6. The van der Waals surface area contributed by atoms with Crippen LogP contribution in [0.2, 0.25) is 0 Å². The lowest BCUT2D eigenvalue weighted by Crippen LogP contribution is -2.46. The number of aromatic nitrogens is 3. The summed E-state index contributed by atoms with van der Waals surface area (Å²) in [5.41, 5.74) is 7.30. The molecule has 11 heteroatoms. The molecule has 0 bridgehead atoms. The fraction of sp³-hybridized carbons (Fsp3) is 0.261. The number of fused-ring (bicyclic) bond motifs is 6. The van der Waals surface area contributed by atoms with Crippen LogP contribution in [0, 0.1) is 5.82 Å².